The van der Waals surface area contributed by atoms with Gasteiger partial charge in [0.15, 0.2) is 0 Å². The molecule has 4 nitrogen and oxygen atoms in total. The van der Waals surface area contributed by atoms with Gasteiger partial charge in [-0.2, -0.15) is 0 Å². The maximum absolute atomic E-state index is 9.68. The molecule has 0 saturated carbocycles. The van der Waals surface area contributed by atoms with Crippen molar-refractivity contribution in [1.82, 2.24) is 9.55 Å². The van der Waals surface area contributed by atoms with Crippen molar-refractivity contribution >= 4 is 0 Å². The third-order valence-electron chi connectivity index (χ3n) is 4.18. The summed E-state index contributed by atoms with van der Waals surface area (Å²) in [5.74, 6) is 2.12. The molecule has 1 atom stereocenters. The molecule has 114 valence electrons. The number of rotatable bonds is 5. The summed E-state index contributed by atoms with van der Waals surface area (Å²) in [6.45, 7) is 8.45. The largest absolute Gasteiger partial charge is 0.496 e. The van der Waals surface area contributed by atoms with Gasteiger partial charge in [0.2, 0.25) is 0 Å². The highest BCUT2D eigenvalue weighted by Crippen LogP contribution is 2.32. The average Bonchev–Trinajstić information content (AvgIpc) is 2.91. The zero-order chi connectivity index (χ0) is 15.6. The maximum atomic E-state index is 9.68. The first kappa shape index (κ1) is 15.6. The number of aliphatic hydroxyl groups is 1. The summed E-state index contributed by atoms with van der Waals surface area (Å²) in [7, 11) is 1.68. The summed E-state index contributed by atoms with van der Waals surface area (Å²) in [6, 6.07) is 4.04. The highest BCUT2D eigenvalue weighted by Gasteiger charge is 2.20. The molecule has 1 aromatic heterocycles. The predicted molar refractivity (Wildman–Crippen MR) is 84.6 cm³/mol. The first-order valence-corrected chi connectivity index (χ1v) is 7.29. The second-order valence-electron chi connectivity index (χ2n) is 5.72. The topological polar surface area (TPSA) is 47.3 Å². The minimum Gasteiger partial charge on any atom is -0.496 e. The van der Waals surface area contributed by atoms with E-state index in [2.05, 4.69) is 37.2 Å². The van der Waals surface area contributed by atoms with Crippen LogP contribution >= 0.6 is 0 Å². The minimum absolute atomic E-state index is 0.0318. The van der Waals surface area contributed by atoms with E-state index in [9.17, 15) is 5.11 Å². The fourth-order valence-corrected chi connectivity index (χ4v) is 2.67. The first-order valence-electron chi connectivity index (χ1n) is 7.29. The van der Waals surface area contributed by atoms with Gasteiger partial charge in [0.05, 0.1) is 19.8 Å². The van der Waals surface area contributed by atoms with Crippen LogP contribution in [-0.4, -0.2) is 28.4 Å². The van der Waals surface area contributed by atoms with E-state index in [0.29, 0.717) is 5.92 Å². The van der Waals surface area contributed by atoms with Gasteiger partial charge in [0, 0.05) is 18.0 Å². The molecule has 1 aromatic carbocycles. The Bertz CT molecular complexity index is 617. The molecule has 1 heterocycles. The van der Waals surface area contributed by atoms with Crippen LogP contribution < -0.4 is 4.74 Å². The Balaban J connectivity index is 2.54. The summed E-state index contributed by atoms with van der Waals surface area (Å²) in [5, 5.41) is 9.68. The Hall–Kier alpha value is -1.81. The standard InChI is InChI=1S/C17H24N2O2/c1-11(2)15(10-20)19-9-8-18-17(19)14-6-7-16(21-5)13(4)12(14)3/h6-9,11,15,20H,10H2,1-5H3/t15-/m1/s1. The molecule has 0 spiro atoms. The lowest BCUT2D eigenvalue weighted by Crippen LogP contribution is -2.19. The number of ether oxygens (including phenoxy) is 1. The molecule has 0 amide bonds. The van der Waals surface area contributed by atoms with Crippen molar-refractivity contribution in [2.45, 2.75) is 33.7 Å². The third kappa shape index (κ3) is 2.81. The van der Waals surface area contributed by atoms with Crippen molar-refractivity contribution in [3.05, 3.63) is 35.7 Å². The highest BCUT2D eigenvalue weighted by atomic mass is 16.5. The van der Waals surface area contributed by atoms with E-state index in [1.165, 1.54) is 0 Å². The Kier molecular flexibility index (Phi) is 4.68. The molecular formula is C17H24N2O2. The molecule has 21 heavy (non-hydrogen) atoms. The SMILES string of the molecule is COc1ccc(-c2nccn2[C@H](CO)C(C)C)c(C)c1C. The fourth-order valence-electron chi connectivity index (χ4n) is 2.67. The summed E-state index contributed by atoms with van der Waals surface area (Å²) < 4.78 is 7.44. The van der Waals surface area contributed by atoms with E-state index < -0.39 is 0 Å². The van der Waals surface area contributed by atoms with Gasteiger partial charge in [-0.05, 0) is 43.0 Å². The molecular weight excluding hydrogens is 264 g/mol. The Labute approximate surface area is 126 Å². The Morgan fingerprint density at radius 3 is 2.52 bits per heavy atom. The van der Waals surface area contributed by atoms with E-state index in [4.69, 9.17) is 4.74 Å². The number of hydrogen-bond acceptors (Lipinski definition) is 3. The maximum Gasteiger partial charge on any atom is 0.140 e. The summed E-state index contributed by atoms with van der Waals surface area (Å²) >= 11 is 0. The quantitative estimate of drug-likeness (QED) is 0.917. The molecule has 1 N–H and O–H groups in total. The van der Waals surface area contributed by atoms with Gasteiger partial charge in [0.1, 0.15) is 11.6 Å². The molecule has 0 radical (unpaired) electrons. The van der Waals surface area contributed by atoms with Gasteiger partial charge < -0.3 is 14.4 Å². The first-order chi connectivity index (χ1) is 10.0. The Morgan fingerprint density at radius 2 is 1.95 bits per heavy atom. The molecule has 2 rings (SSSR count). The number of methoxy groups -OCH3 is 1. The third-order valence-corrected chi connectivity index (χ3v) is 4.18. The lowest BCUT2D eigenvalue weighted by Gasteiger charge is -2.23. The van der Waals surface area contributed by atoms with Crippen LogP contribution in [0, 0.1) is 19.8 Å². The number of nitrogens with zero attached hydrogens (tertiary/aromatic N) is 2. The summed E-state index contributed by atoms with van der Waals surface area (Å²) in [4.78, 5) is 4.51. The van der Waals surface area contributed by atoms with Crippen LogP contribution in [0.4, 0.5) is 0 Å². The van der Waals surface area contributed by atoms with E-state index in [1.54, 1.807) is 13.3 Å². The van der Waals surface area contributed by atoms with Gasteiger partial charge in [-0.1, -0.05) is 13.8 Å². The average molecular weight is 288 g/mol. The second kappa shape index (κ2) is 6.31. The van der Waals surface area contributed by atoms with Crippen molar-refractivity contribution in [3.63, 3.8) is 0 Å². The predicted octanol–water partition coefficient (Wildman–Crippen LogP) is 3.36. The zero-order valence-corrected chi connectivity index (χ0v) is 13.4. The number of imidazole rings is 1. The van der Waals surface area contributed by atoms with Crippen LogP contribution in [0.15, 0.2) is 24.5 Å². The normalized spacial score (nSPS) is 12.7. The van der Waals surface area contributed by atoms with E-state index in [0.717, 1.165) is 28.3 Å². The van der Waals surface area contributed by atoms with Crippen molar-refractivity contribution in [2.24, 2.45) is 5.92 Å². The highest BCUT2D eigenvalue weighted by molar-refractivity contribution is 5.65. The number of aromatic nitrogens is 2. The van der Waals surface area contributed by atoms with Crippen LogP contribution in [0.25, 0.3) is 11.4 Å². The van der Waals surface area contributed by atoms with E-state index in [-0.39, 0.29) is 12.6 Å². The fraction of sp³-hybridized carbons (Fsp3) is 0.471. The van der Waals surface area contributed by atoms with Crippen LogP contribution in [0.1, 0.15) is 31.0 Å². The van der Waals surface area contributed by atoms with Crippen molar-refractivity contribution < 1.29 is 9.84 Å². The van der Waals surface area contributed by atoms with Gasteiger partial charge in [-0.15, -0.1) is 0 Å². The van der Waals surface area contributed by atoms with E-state index >= 15 is 0 Å². The monoisotopic (exact) mass is 288 g/mol. The Morgan fingerprint density at radius 1 is 1.24 bits per heavy atom. The number of aliphatic hydroxyl groups excluding tert-OH is 1. The minimum atomic E-state index is 0.0318. The van der Waals surface area contributed by atoms with Gasteiger partial charge in [-0.3, -0.25) is 0 Å². The number of hydrogen-bond donors (Lipinski definition) is 1. The molecule has 0 unspecified atom stereocenters. The van der Waals surface area contributed by atoms with Crippen LogP contribution in [-0.2, 0) is 0 Å². The molecule has 0 bridgehead atoms. The molecule has 4 heteroatoms. The second-order valence-corrected chi connectivity index (χ2v) is 5.72. The van der Waals surface area contributed by atoms with Gasteiger partial charge >= 0.3 is 0 Å². The van der Waals surface area contributed by atoms with Crippen LogP contribution in [0.2, 0.25) is 0 Å². The van der Waals surface area contributed by atoms with Crippen molar-refractivity contribution in [3.8, 4) is 17.1 Å². The zero-order valence-electron chi connectivity index (χ0n) is 13.4. The smallest absolute Gasteiger partial charge is 0.140 e. The number of benzene rings is 1. The molecule has 0 aliphatic rings. The van der Waals surface area contributed by atoms with Gasteiger partial charge in [0.25, 0.3) is 0 Å². The van der Waals surface area contributed by atoms with Crippen LogP contribution in [0.3, 0.4) is 0 Å². The lowest BCUT2D eigenvalue weighted by atomic mass is 10.00. The lowest BCUT2D eigenvalue weighted by molar-refractivity contribution is 0.194. The van der Waals surface area contributed by atoms with Crippen molar-refractivity contribution in [2.75, 3.05) is 13.7 Å². The molecule has 0 fully saturated rings. The van der Waals surface area contributed by atoms with Crippen LogP contribution in [0.5, 0.6) is 5.75 Å². The molecule has 2 aromatic rings. The van der Waals surface area contributed by atoms with Crippen molar-refractivity contribution in [1.29, 1.82) is 0 Å². The molecule has 0 saturated heterocycles. The van der Waals surface area contributed by atoms with E-state index in [1.807, 2.05) is 18.3 Å². The summed E-state index contributed by atoms with van der Waals surface area (Å²) in [5.41, 5.74) is 3.36. The summed E-state index contributed by atoms with van der Waals surface area (Å²) in [6.07, 6.45) is 3.73. The molecule has 0 aliphatic heterocycles. The van der Waals surface area contributed by atoms with Gasteiger partial charge in [-0.25, -0.2) is 4.98 Å². The molecule has 0 aliphatic carbocycles.